The normalized spacial score (nSPS) is 17.9. The Balaban J connectivity index is 1.55. The molecule has 0 unspecified atom stereocenters. The number of nitrogens with one attached hydrogen (secondary N) is 2. The molecule has 226 valence electrons. The number of carbonyl (C=O) groups excluding carboxylic acids is 4. The van der Waals surface area contributed by atoms with Crippen molar-refractivity contribution in [2.45, 2.75) is 24.9 Å². The van der Waals surface area contributed by atoms with Gasteiger partial charge in [-0.1, -0.05) is 54.6 Å². The largest absolute Gasteiger partial charge is 0.491 e. The van der Waals surface area contributed by atoms with Crippen LogP contribution in [0, 0.1) is 5.82 Å². The molecule has 1 aliphatic heterocycles. The summed E-state index contributed by atoms with van der Waals surface area (Å²) in [5, 5.41) is 5.44. The first-order valence-electron chi connectivity index (χ1n) is 14.0. The second-order valence-electron chi connectivity index (χ2n) is 10.2. The average molecular weight is 591 g/mol. The van der Waals surface area contributed by atoms with Gasteiger partial charge >= 0.3 is 0 Å². The number of hydrogen-bond acceptors (Lipinski definition) is 6. The van der Waals surface area contributed by atoms with Crippen LogP contribution in [0.3, 0.4) is 0 Å². The third-order valence-corrected chi connectivity index (χ3v) is 7.00. The lowest BCUT2D eigenvalue weighted by Gasteiger charge is -2.28. The van der Waals surface area contributed by atoms with Gasteiger partial charge in [-0.25, -0.2) is 4.39 Å². The maximum absolute atomic E-state index is 13.9. The molecule has 0 saturated heterocycles. The SMILES string of the molecule is CN1CCOc2ccccc2C(=O)N[C@H](C(=O)N(C)CCOc2ccccc2F)CC(=O)N[C@@H](Cc2ccccc2)C1=O. The third-order valence-electron chi connectivity index (χ3n) is 7.00. The minimum absolute atomic E-state index is 0.0211. The van der Waals surface area contributed by atoms with Gasteiger partial charge in [-0.15, -0.1) is 0 Å². The first kappa shape index (κ1) is 31.0. The van der Waals surface area contributed by atoms with E-state index >= 15 is 0 Å². The van der Waals surface area contributed by atoms with Gasteiger partial charge < -0.3 is 29.9 Å². The number of ether oxygens (including phenoxy) is 2. The topological polar surface area (TPSA) is 117 Å². The Morgan fingerprint density at radius 3 is 2.47 bits per heavy atom. The fourth-order valence-corrected chi connectivity index (χ4v) is 4.60. The van der Waals surface area contributed by atoms with E-state index in [0.717, 1.165) is 5.56 Å². The number of likely N-dealkylation sites (N-methyl/N-ethyl adjacent to an activating group) is 2. The Bertz CT molecular complexity index is 1440. The highest BCUT2D eigenvalue weighted by molar-refractivity contribution is 6.01. The third kappa shape index (κ3) is 8.54. The van der Waals surface area contributed by atoms with E-state index in [1.165, 1.54) is 35.0 Å². The van der Waals surface area contributed by atoms with Crippen molar-refractivity contribution < 1.29 is 33.0 Å². The zero-order chi connectivity index (χ0) is 30.8. The number of halogens is 1. The van der Waals surface area contributed by atoms with Gasteiger partial charge in [-0.2, -0.15) is 0 Å². The van der Waals surface area contributed by atoms with Crippen LogP contribution in [0.1, 0.15) is 22.3 Å². The van der Waals surface area contributed by atoms with E-state index < -0.39 is 42.0 Å². The average Bonchev–Trinajstić information content (AvgIpc) is 3.00. The Morgan fingerprint density at radius 2 is 1.70 bits per heavy atom. The summed E-state index contributed by atoms with van der Waals surface area (Å²) in [6.07, 6.45) is -0.188. The van der Waals surface area contributed by atoms with Crippen LogP contribution in [0.25, 0.3) is 0 Å². The fraction of sp³-hybridized carbons (Fsp3) is 0.312. The summed E-state index contributed by atoms with van der Waals surface area (Å²) in [6.45, 7) is 0.357. The number of hydrogen-bond donors (Lipinski definition) is 2. The van der Waals surface area contributed by atoms with Gasteiger partial charge in [0, 0.05) is 20.5 Å². The number of amides is 4. The lowest BCUT2D eigenvalue weighted by molar-refractivity contribution is -0.137. The highest BCUT2D eigenvalue weighted by atomic mass is 19.1. The molecule has 0 aliphatic carbocycles. The second kappa shape index (κ2) is 14.8. The highest BCUT2D eigenvalue weighted by Crippen LogP contribution is 2.19. The van der Waals surface area contributed by atoms with Crippen molar-refractivity contribution in [2.75, 3.05) is 40.4 Å². The van der Waals surface area contributed by atoms with Gasteiger partial charge in [-0.05, 0) is 29.8 Å². The number of para-hydroxylation sites is 2. The smallest absolute Gasteiger partial charge is 0.255 e. The monoisotopic (exact) mass is 590 g/mol. The minimum atomic E-state index is -1.27. The predicted molar refractivity (Wildman–Crippen MR) is 157 cm³/mol. The molecule has 4 amide bonds. The van der Waals surface area contributed by atoms with Crippen molar-refractivity contribution in [2.24, 2.45) is 0 Å². The van der Waals surface area contributed by atoms with Crippen molar-refractivity contribution in [3.05, 3.63) is 95.8 Å². The van der Waals surface area contributed by atoms with Crippen molar-refractivity contribution in [3.63, 3.8) is 0 Å². The van der Waals surface area contributed by atoms with Gasteiger partial charge in [0.2, 0.25) is 17.7 Å². The summed E-state index contributed by atoms with van der Waals surface area (Å²) in [6, 6.07) is 19.5. The Hall–Kier alpha value is -4.93. The molecule has 2 atom stereocenters. The lowest BCUT2D eigenvalue weighted by atomic mass is 10.0. The number of rotatable bonds is 7. The van der Waals surface area contributed by atoms with Crippen LogP contribution in [0.15, 0.2) is 78.9 Å². The Kier molecular flexibility index (Phi) is 10.7. The van der Waals surface area contributed by atoms with E-state index in [1.807, 2.05) is 30.3 Å². The molecule has 0 bridgehead atoms. The quantitative estimate of drug-likeness (QED) is 0.437. The summed E-state index contributed by atoms with van der Waals surface area (Å²) in [7, 11) is 3.11. The molecule has 0 spiro atoms. The van der Waals surface area contributed by atoms with E-state index in [9.17, 15) is 23.6 Å². The van der Waals surface area contributed by atoms with Gasteiger partial charge in [0.05, 0.1) is 25.1 Å². The standard InChI is InChI=1S/C32H35FN4O6/c1-36-16-18-42-27-14-8-6-12-23(27)30(39)35-26(32(41)37(2)17-19-43-28-15-9-7-13-24(28)33)21-29(38)34-25(31(36)40)20-22-10-4-3-5-11-22/h3-15,25-26H,16-21H2,1-2H3,(H,34,38)(H,35,39)/t25-,26-/m0/s1. The number of fused-ring (bicyclic) bond motifs is 1. The lowest BCUT2D eigenvalue weighted by Crippen LogP contribution is -2.53. The van der Waals surface area contributed by atoms with Gasteiger partial charge in [-0.3, -0.25) is 19.2 Å². The molecular weight excluding hydrogens is 555 g/mol. The molecule has 3 aromatic rings. The van der Waals surface area contributed by atoms with Crippen molar-refractivity contribution in [3.8, 4) is 11.5 Å². The van der Waals surface area contributed by atoms with E-state index in [0.29, 0.717) is 0 Å². The molecule has 1 heterocycles. The summed E-state index contributed by atoms with van der Waals surface area (Å²) in [5.41, 5.74) is 1.02. The first-order chi connectivity index (χ1) is 20.7. The molecule has 11 heteroatoms. The molecule has 0 saturated carbocycles. The van der Waals surface area contributed by atoms with Crippen LogP contribution < -0.4 is 20.1 Å². The fourth-order valence-electron chi connectivity index (χ4n) is 4.60. The maximum atomic E-state index is 13.9. The zero-order valence-electron chi connectivity index (χ0n) is 24.1. The molecule has 4 rings (SSSR count). The molecule has 2 N–H and O–H groups in total. The van der Waals surface area contributed by atoms with Crippen LogP contribution in [0.4, 0.5) is 4.39 Å². The molecule has 43 heavy (non-hydrogen) atoms. The minimum Gasteiger partial charge on any atom is -0.491 e. The maximum Gasteiger partial charge on any atom is 0.255 e. The van der Waals surface area contributed by atoms with Crippen LogP contribution in [0.2, 0.25) is 0 Å². The number of carbonyl (C=O) groups is 4. The van der Waals surface area contributed by atoms with Crippen LogP contribution >= 0.6 is 0 Å². The zero-order valence-corrected chi connectivity index (χ0v) is 24.1. The van der Waals surface area contributed by atoms with Crippen molar-refractivity contribution >= 4 is 23.6 Å². The van der Waals surface area contributed by atoms with E-state index in [-0.39, 0.29) is 55.7 Å². The molecule has 0 fully saturated rings. The predicted octanol–water partition coefficient (Wildman–Crippen LogP) is 2.43. The van der Waals surface area contributed by atoms with E-state index in [4.69, 9.17) is 9.47 Å². The number of nitrogens with zero attached hydrogens (tertiary/aromatic N) is 2. The molecule has 0 aromatic heterocycles. The Morgan fingerprint density at radius 1 is 1.00 bits per heavy atom. The van der Waals surface area contributed by atoms with Crippen LogP contribution in [-0.2, 0) is 20.8 Å². The molecule has 0 radical (unpaired) electrons. The van der Waals surface area contributed by atoms with Crippen LogP contribution in [0.5, 0.6) is 11.5 Å². The summed E-state index contributed by atoms with van der Waals surface area (Å²) >= 11 is 0. The van der Waals surface area contributed by atoms with Crippen LogP contribution in [-0.4, -0.2) is 85.9 Å². The molecular formula is C32H35FN4O6. The highest BCUT2D eigenvalue weighted by Gasteiger charge is 2.31. The van der Waals surface area contributed by atoms with E-state index in [1.54, 1.807) is 37.4 Å². The van der Waals surface area contributed by atoms with Gasteiger partial charge in [0.1, 0.15) is 31.0 Å². The van der Waals surface area contributed by atoms with Gasteiger partial charge in [0.25, 0.3) is 5.91 Å². The molecule has 10 nitrogen and oxygen atoms in total. The first-order valence-corrected chi connectivity index (χ1v) is 14.0. The van der Waals surface area contributed by atoms with Crippen molar-refractivity contribution in [1.29, 1.82) is 0 Å². The molecule has 3 aromatic carbocycles. The Labute approximate surface area is 249 Å². The summed E-state index contributed by atoms with van der Waals surface area (Å²) < 4.78 is 25.3. The molecule has 1 aliphatic rings. The summed E-state index contributed by atoms with van der Waals surface area (Å²) in [4.78, 5) is 56.4. The van der Waals surface area contributed by atoms with E-state index in [2.05, 4.69) is 10.6 Å². The van der Waals surface area contributed by atoms with Gasteiger partial charge in [0.15, 0.2) is 11.6 Å². The van der Waals surface area contributed by atoms with Crippen molar-refractivity contribution in [1.82, 2.24) is 20.4 Å². The second-order valence-corrected chi connectivity index (χ2v) is 10.2. The summed E-state index contributed by atoms with van der Waals surface area (Å²) in [5.74, 6) is -2.27. The number of benzene rings is 3.